The van der Waals surface area contributed by atoms with Crippen molar-refractivity contribution in [2.24, 2.45) is 0 Å². The molecule has 1 aromatic rings. The van der Waals surface area contributed by atoms with Crippen molar-refractivity contribution >= 4 is 34.9 Å². The number of nitrogens with zero attached hydrogens (tertiary/aromatic N) is 2. The van der Waals surface area contributed by atoms with E-state index in [0.717, 1.165) is 17.7 Å². The van der Waals surface area contributed by atoms with E-state index in [1.807, 2.05) is 0 Å². The highest BCUT2D eigenvalue weighted by atomic mass is 35.5. The van der Waals surface area contributed by atoms with Crippen molar-refractivity contribution in [3.05, 3.63) is 15.5 Å². The smallest absolute Gasteiger partial charge is 0.325 e. The maximum Gasteiger partial charge on any atom is 0.325 e. The summed E-state index contributed by atoms with van der Waals surface area (Å²) in [5.41, 5.74) is 0. The topological polar surface area (TPSA) is 62.3 Å². The second-order valence-corrected chi connectivity index (χ2v) is 5.85. The number of imide groups is 1. The zero-order valence-corrected chi connectivity index (χ0v) is 11.6. The van der Waals surface area contributed by atoms with Gasteiger partial charge in [0.15, 0.2) is 4.47 Å². The Balaban J connectivity index is 2.00. The highest BCUT2D eigenvalue weighted by molar-refractivity contribution is 7.15. The van der Waals surface area contributed by atoms with Gasteiger partial charge in [0.25, 0.3) is 5.91 Å². The highest BCUT2D eigenvalue weighted by Gasteiger charge is 2.37. The van der Waals surface area contributed by atoms with Crippen molar-refractivity contribution < 1.29 is 9.59 Å². The third-order valence-corrected chi connectivity index (χ3v) is 3.89. The maximum absolute atomic E-state index is 12.0. The third-order valence-electron chi connectivity index (χ3n) is 2.79. The summed E-state index contributed by atoms with van der Waals surface area (Å²) in [6.45, 7) is 2.30. The molecule has 1 N–H and O–H groups in total. The number of nitrogens with one attached hydrogen (secondary N) is 1. The number of halogens is 1. The van der Waals surface area contributed by atoms with Gasteiger partial charge in [0.2, 0.25) is 0 Å². The van der Waals surface area contributed by atoms with E-state index in [2.05, 4.69) is 17.2 Å². The van der Waals surface area contributed by atoms with Crippen molar-refractivity contribution in [3.63, 3.8) is 0 Å². The first kappa shape index (κ1) is 13.3. The Kier molecular flexibility index (Phi) is 4.19. The molecule has 1 aromatic heterocycles. The van der Waals surface area contributed by atoms with Crippen LogP contribution in [0.3, 0.4) is 0 Å². The van der Waals surface area contributed by atoms with E-state index in [0.29, 0.717) is 10.9 Å². The van der Waals surface area contributed by atoms with E-state index < -0.39 is 0 Å². The molecule has 7 heteroatoms. The number of hydrogen-bond donors (Lipinski definition) is 1. The number of unbranched alkanes of at least 4 members (excludes halogenated alkanes) is 1. The number of rotatable bonds is 5. The van der Waals surface area contributed by atoms with Gasteiger partial charge in [-0.25, -0.2) is 9.78 Å². The number of urea groups is 1. The third kappa shape index (κ3) is 2.81. The molecule has 98 valence electrons. The van der Waals surface area contributed by atoms with Crippen LogP contribution in [0.2, 0.25) is 4.47 Å². The molecule has 1 aliphatic heterocycles. The second kappa shape index (κ2) is 5.67. The van der Waals surface area contributed by atoms with Crippen LogP contribution in [0.5, 0.6) is 0 Å². The van der Waals surface area contributed by atoms with Gasteiger partial charge in [0.05, 0.1) is 6.54 Å². The molecular formula is C11H14ClN3O2S. The maximum atomic E-state index is 12.0. The SMILES string of the molecule is CCCCC1NC(=O)N(Cc2cnc(Cl)s2)C1=O. The summed E-state index contributed by atoms with van der Waals surface area (Å²) in [6.07, 6.45) is 4.22. The molecule has 1 aliphatic rings. The Hall–Kier alpha value is -1.14. The molecule has 2 heterocycles. The molecule has 1 saturated heterocycles. The van der Waals surface area contributed by atoms with E-state index in [1.165, 1.54) is 16.2 Å². The molecular weight excluding hydrogens is 274 g/mol. The normalized spacial score (nSPS) is 19.4. The summed E-state index contributed by atoms with van der Waals surface area (Å²) in [6, 6.07) is -0.702. The first-order chi connectivity index (χ1) is 8.61. The predicted molar refractivity (Wildman–Crippen MR) is 69.5 cm³/mol. The Morgan fingerprint density at radius 3 is 2.94 bits per heavy atom. The lowest BCUT2D eigenvalue weighted by molar-refractivity contribution is -0.128. The second-order valence-electron chi connectivity index (χ2n) is 4.15. The molecule has 0 aliphatic carbocycles. The van der Waals surface area contributed by atoms with Crippen LogP contribution in [0.15, 0.2) is 6.20 Å². The van der Waals surface area contributed by atoms with Crippen molar-refractivity contribution in [1.29, 1.82) is 0 Å². The average Bonchev–Trinajstić information content (AvgIpc) is 2.86. The van der Waals surface area contributed by atoms with Gasteiger partial charge in [-0.15, -0.1) is 11.3 Å². The van der Waals surface area contributed by atoms with Gasteiger partial charge in [0, 0.05) is 11.1 Å². The molecule has 0 spiro atoms. The predicted octanol–water partition coefficient (Wildman–Crippen LogP) is 2.41. The minimum Gasteiger partial charge on any atom is -0.326 e. The number of amides is 3. The molecule has 2 rings (SSSR count). The Morgan fingerprint density at radius 2 is 2.33 bits per heavy atom. The minimum atomic E-state index is -0.374. The van der Waals surface area contributed by atoms with Crippen molar-refractivity contribution in [3.8, 4) is 0 Å². The molecule has 1 fully saturated rings. The summed E-state index contributed by atoms with van der Waals surface area (Å²) in [5, 5.41) is 2.70. The Bertz CT molecular complexity index is 463. The monoisotopic (exact) mass is 287 g/mol. The number of hydrogen-bond acceptors (Lipinski definition) is 4. The van der Waals surface area contributed by atoms with Crippen LogP contribution in [0.4, 0.5) is 4.79 Å². The van der Waals surface area contributed by atoms with Crippen LogP contribution in [-0.2, 0) is 11.3 Å². The van der Waals surface area contributed by atoms with E-state index in [1.54, 1.807) is 6.20 Å². The first-order valence-electron chi connectivity index (χ1n) is 5.84. The molecule has 1 atom stereocenters. The standard InChI is InChI=1S/C11H14ClN3O2S/c1-2-3-4-8-9(16)15(11(17)14-8)6-7-5-13-10(12)18-7/h5,8H,2-4,6H2,1H3,(H,14,17). The number of carbonyl (C=O) groups excluding carboxylic acids is 2. The molecule has 0 radical (unpaired) electrons. The van der Waals surface area contributed by atoms with Gasteiger partial charge in [-0.1, -0.05) is 31.4 Å². The quantitative estimate of drug-likeness (QED) is 0.846. The van der Waals surface area contributed by atoms with Crippen molar-refractivity contribution in [1.82, 2.24) is 15.2 Å². The van der Waals surface area contributed by atoms with Gasteiger partial charge in [0.1, 0.15) is 6.04 Å². The Morgan fingerprint density at radius 1 is 1.56 bits per heavy atom. The number of aromatic nitrogens is 1. The zero-order valence-electron chi connectivity index (χ0n) is 9.98. The summed E-state index contributed by atoms with van der Waals surface area (Å²) >= 11 is 7.00. The van der Waals surface area contributed by atoms with Gasteiger partial charge in [-0.2, -0.15) is 0 Å². The fourth-order valence-electron chi connectivity index (χ4n) is 1.84. The molecule has 5 nitrogen and oxygen atoms in total. The lowest BCUT2D eigenvalue weighted by Gasteiger charge is -2.11. The van der Waals surface area contributed by atoms with E-state index in [9.17, 15) is 9.59 Å². The molecule has 1 unspecified atom stereocenters. The van der Waals surface area contributed by atoms with Gasteiger partial charge >= 0.3 is 6.03 Å². The lowest BCUT2D eigenvalue weighted by atomic mass is 10.1. The number of carbonyl (C=O) groups is 2. The summed E-state index contributed by atoms with van der Waals surface area (Å²) in [4.78, 5) is 29.7. The zero-order chi connectivity index (χ0) is 13.1. The minimum absolute atomic E-state index is 0.155. The molecule has 0 saturated carbocycles. The molecule has 18 heavy (non-hydrogen) atoms. The van der Waals surface area contributed by atoms with Crippen LogP contribution < -0.4 is 5.32 Å². The fourth-order valence-corrected chi connectivity index (χ4v) is 2.81. The molecule has 0 bridgehead atoms. The van der Waals surface area contributed by atoms with E-state index >= 15 is 0 Å². The highest BCUT2D eigenvalue weighted by Crippen LogP contribution is 2.21. The van der Waals surface area contributed by atoms with Crippen LogP contribution in [0.25, 0.3) is 0 Å². The number of thiazole rings is 1. The van der Waals surface area contributed by atoms with Gasteiger partial charge in [-0.05, 0) is 6.42 Å². The lowest BCUT2D eigenvalue weighted by Crippen LogP contribution is -2.30. The summed E-state index contributed by atoms with van der Waals surface area (Å²) < 4.78 is 0.416. The molecule has 3 amide bonds. The van der Waals surface area contributed by atoms with Crippen molar-refractivity contribution in [2.45, 2.75) is 38.8 Å². The van der Waals surface area contributed by atoms with E-state index in [4.69, 9.17) is 11.6 Å². The van der Waals surface area contributed by atoms with Gasteiger partial charge < -0.3 is 5.32 Å². The van der Waals surface area contributed by atoms with Crippen LogP contribution in [0, 0.1) is 0 Å². The van der Waals surface area contributed by atoms with Crippen LogP contribution >= 0.6 is 22.9 Å². The Labute approximate surface area is 114 Å². The summed E-state index contributed by atoms with van der Waals surface area (Å²) in [7, 11) is 0. The van der Waals surface area contributed by atoms with E-state index in [-0.39, 0.29) is 24.5 Å². The van der Waals surface area contributed by atoms with Crippen molar-refractivity contribution in [2.75, 3.05) is 0 Å². The average molecular weight is 288 g/mol. The first-order valence-corrected chi connectivity index (χ1v) is 7.03. The largest absolute Gasteiger partial charge is 0.326 e. The van der Waals surface area contributed by atoms with Crippen LogP contribution in [-0.4, -0.2) is 27.9 Å². The van der Waals surface area contributed by atoms with Crippen LogP contribution in [0.1, 0.15) is 31.1 Å². The fraction of sp³-hybridized carbons (Fsp3) is 0.545. The summed E-state index contributed by atoms with van der Waals surface area (Å²) in [5.74, 6) is -0.155. The van der Waals surface area contributed by atoms with Gasteiger partial charge in [-0.3, -0.25) is 9.69 Å². The molecule has 0 aromatic carbocycles.